The largest absolute Gasteiger partial charge is 0.481 e. The summed E-state index contributed by atoms with van der Waals surface area (Å²) in [6, 6.07) is -0.0266. The number of hydrogen-bond donors (Lipinski definition) is 2. The Morgan fingerprint density at radius 2 is 2.23 bits per heavy atom. The molecule has 0 aromatic rings. The minimum absolute atomic E-state index is 0.0266. The van der Waals surface area contributed by atoms with E-state index >= 15 is 0 Å². The third kappa shape index (κ3) is 7.74. The van der Waals surface area contributed by atoms with Crippen molar-refractivity contribution in [3.05, 3.63) is 0 Å². The summed E-state index contributed by atoms with van der Waals surface area (Å²) < 4.78 is 4.96. The number of carboxylic acid groups (broad SMARTS) is 1. The van der Waals surface area contributed by atoms with E-state index in [0.717, 1.165) is 6.42 Å². The lowest BCUT2D eigenvalue weighted by Gasteiger charge is -2.15. The Hall–Kier alpha value is -0.610. The van der Waals surface area contributed by atoms with E-state index in [0.29, 0.717) is 18.9 Å². The fourth-order valence-corrected chi connectivity index (χ4v) is 1.30. The summed E-state index contributed by atoms with van der Waals surface area (Å²) in [7, 11) is 1.65. The smallest absolute Gasteiger partial charge is 0.303 e. The topological polar surface area (TPSA) is 72.5 Å². The second kappa shape index (κ2) is 6.86. The minimum Gasteiger partial charge on any atom is -0.481 e. The highest BCUT2D eigenvalue weighted by atomic mass is 16.5. The molecule has 78 valence electrons. The average Bonchev–Trinajstić information content (AvgIpc) is 2.01. The van der Waals surface area contributed by atoms with E-state index in [-0.39, 0.29) is 12.5 Å². The van der Waals surface area contributed by atoms with Crippen molar-refractivity contribution in [1.82, 2.24) is 0 Å². The van der Waals surface area contributed by atoms with Crippen LogP contribution in [0.4, 0.5) is 0 Å². The van der Waals surface area contributed by atoms with Crippen LogP contribution in [0.1, 0.15) is 26.2 Å². The van der Waals surface area contributed by atoms with E-state index in [9.17, 15) is 4.79 Å². The Balaban J connectivity index is 3.48. The standard InChI is InChI=1S/C9H19NO3/c1-7(6-13-2)5-8(10)3-4-9(11)12/h7-8H,3-6,10H2,1-2H3,(H,11,12). The molecule has 3 N–H and O–H groups in total. The maximum atomic E-state index is 10.2. The van der Waals surface area contributed by atoms with Crippen LogP contribution < -0.4 is 5.73 Å². The van der Waals surface area contributed by atoms with Gasteiger partial charge in [-0.3, -0.25) is 4.79 Å². The summed E-state index contributed by atoms with van der Waals surface area (Å²) in [5, 5.41) is 8.42. The predicted molar refractivity (Wildman–Crippen MR) is 50.5 cm³/mol. The summed E-state index contributed by atoms with van der Waals surface area (Å²) in [6.07, 6.45) is 1.52. The van der Waals surface area contributed by atoms with Gasteiger partial charge in [0.25, 0.3) is 0 Å². The summed E-state index contributed by atoms with van der Waals surface area (Å²) in [5.74, 6) is -0.386. The fourth-order valence-electron chi connectivity index (χ4n) is 1.30. The molecule has 0 saturated carbocycles. The Kier molecular flexibility index (Phi) is 6.54. The molecule has 0 amide bonds. The van der Waals surface area contributed by atoms with Gasteiger partial charge in [0.1, 0.15) is 0 Å². The summed E-state index contributed by atoms with van der Waals surface area (Å²) in [5.41, 5.74) is 5.73. The third-order valence-electron chi connectivity index (χ3n) is 1.89. The number of methoxy groups -OCH3 is 1. The maximum Gasteiger partial charge on any atom is 0.303 e. The lowest BCUT2D eigenvalue weighted by molar-refractivity contribution is -0.137. The van der Waals surface area contributed by atoms with Crippen LogP contribution in [0.2, 0.25) is 0 Å². The molecule has 4 nitrogen and oxygen atoms in total. The predicted octanol–water partition coefficient (Wildman–Crippen LogP) is 0.851. The molecular formula is C9H19NO3. The van der Waals surface area contributed by atoms with Crippen molar-refractivity contribution in [3.8, 4) is 0 Å². The number of ether oxygens (including phenoxy) is 1. The van der Waals surface area contributed by atoms with Gasteiger partial charge >= 0.3 is 5.97 Å². The van der Waals surface area contributed by atoms with E-state index in [1.807, 2.05) is 6.92 Å². The molecular weight excluding hydrogens is 170 g/mol. The van der Waals surface area contributed by atoms with Gasteiger partial charge in [-0.15, -0.1) is 0 Å². The highest BCUT2D eigenvalue weighted by molar-refractivity contribution is 5.66. The number of nitrogens with two attached hydrogens (primary N) is 1. The second-order valence-electron chi connectivity index (χ2n) is 3.49. The van der Waals surface area contributed by atoms with Gasteiger partial charge in [-0.2, -0.15) is 0 Å². The third-order valence-corrected chi connectivity index (χ3v) is 1.89. The average molecular weight is 189 g/mol. The highest BCUT2D eigenvalue weighted by Crippen LogP contribution is 2.08. The van der Waals surface area contributed by atoms with E-state index in [1.54, 1.807) is 7.11 Å². The molecule has 0 aliphatic rings. The van der Waals surface area contributed by atoms with E-state index in [1.165, 1.54) is 0 Å². The van der Waals surface area contributed by atoms with E-state index in [4.69, 9.17) is 15.6 Å². The van der Waals surface area contributed by atoms with Gasteiger partial charge in [0.15, 0.2) is 0 Å². The van der Waals surface area contributed by atoms with Gasteiger partial charge in [-0.25, -0.2) is 0 Å². The zero-order valence-electron chi connectivity index (χ0n) is 8.32. The van der Waals surface area contributed by atoms with Crippen LogP contribution in [0.3, 0.4) is 0 Å². The number of carboxylic acids is 1. The van der Waals surface area contributed by atoms with Crippen LogP contribution in [0.25, 0.3) is 0 Å². The Morgan fingerprint density at radius 3 is 2.69 bits per heavy atom. The first kappa shape index (κ1) is 12.4. The zero-order chi connectivity index (χ0) is 10.3. The molecule has 0 fully saturated rings. The van der Waals surface area contributed by atoms with E-state index < -0.39 is 5.97 Å². The molecule has 0 bridgehead atoms. The highest BCUT2D eigenvalue weighted by Gasteiger charge is 2.10. The molecule has 0 aromatic carbocycles. The Morgan fingerprint density at radius 1 is 1.62 bits per heavy atom. The lowest BCUT2D eigenvalue weighted by atomic mass is 10.00. The van der Waals surface area contributed by atoms with Gasteiger partial charge in [-0.05, 0) is 18.8 Å². The molecule has 13 heavy (non-hydrogen) atoms. The van der Waals surface area contributed by atoms with Crippen LogP contribution >= 0.6 is 0 Å². The Labute approximate surface area is 79.1 Å². The van der Waals surface area contributed by atoms with Gasteiger partial charge < -0.3 is 15.6 Å². The zero-order valence-corrected chi connectivity index (χ0v) is 8.32. The van der Waals surface area contributed by atoms with Gasteiger partial charge in [0, 0.05) is 26.2 Å². The molecule has 2 atom stereocenters. The van der Waals surface area contributed by atoms with Crippen molar-refractivity contribution in [1.29, 1.82) is 0 Å². The van der Waals surface area contributed by atoms with Gasteiger partial charge in [-0.1, -0.05) is 6.92 Å². The summed E-state index contributed by atoms with van der Waals surface area (Å²) in [4.78, 5) is 10.2. The molecule has 0 aliphatic carbocycles. The molecule has 0 rings (SSSR count). The van der Waals surface area contributed by atoms with Crippen LogP contribution in [-0.2, 0) is 9.53 Å². The molecule has 0 spiro atoms. The number of hydrogen-bond acceptors (Lipinski definition) is 3. The lowest BCUT2D eigenvalue weighted by Crippen LogP contribution is -2.25. The first-order valence-electron chi connectivity index (χ1n) is 4.52. The van der Waals surface area contributed by atoms with Crippen molar-refractivity contribution >= 4 is 5.97 Å². The van der Waals surface area contributed by atoms with E-state index in [2.05, 4.69) is 0 Å². The van der Waals surface area contributed by atoms with Gasteiger partial charge in [0.05, 0.1) is 0 Å². The first-order chi connectivity index (χ1) is 6.06. The quantitative estimate of drug-likeness (QED) is 0.622. The van der Waals surface area contributed by atoms with Crippen LogP contribution in [0.15, 0.2) is 0 Å². The fraction of sp³-hybridized carbons (Fsp3) is 0.889. The summed E-state index contributed by atoms with van der Waals surface area (Å²) >= 11 is 0. The normalized spacial score (nSPS) is 15.3. The Bertz CT molecular complexity index is 150. The molecule has 0 radical (unpaired) electrons. The first-order valence-corrected chi connectivity index (χ1v) is 4.52. The van der Waals surface area contributed by atoms with Crippen molar-refractivity contribution < 1.29 is 14.6 Å². The number of carbonyl (C=O) groups is 1. The maximum absolute atomic E-state index is 10.2. The van der Waals surface area contributed by atoms with Crippen LogP contribution in [0.5, 0.6) is 0 Å². The monoisotopic (exact) mass is 189 g/mol. The van der Waals surface area contributed by atoms with Crippen LogP contribution in [-0.4, -0.2) is 30.8 Å². The SMILES string of the molecule is COCC(C)CC(N)CCC(=O)O. The van der Waals surface area contributed by atoms with Crippen LogP contribution in [0, 0.1) is 5.92 Å². The molecule has 0 aliphatic heterocycles. The van der Waals surface area contributed by atoms with Crippen molar-refractivity contribution in [2.45, 2.75) is 32.2 Å². The molecule has 4 heteroatoms. The minimum atomic E-state index is -0.783. The van der Waals surface area contributed by atoms with Crippen molar-refractivity contribution in [3.63, 3.8) is 0 Å². The number of rotatable bonds is 7. The molecule has 0 aromatic heterocycles. The molecule has 0 heterocycles. The second-order valence-corrected chi connectivity index (χ2v) is 3.49. The van der Waals surface area contributed by atoms with Gasteiger partial charge in [0.2, 0.25) is 0 Å². The summed E-state index contributed by atoms with van der Waals surface area (Å²) in [6.45, 7) is 2.73. The van der Waals surface area contributed by atoms with Crippen molar-refractivity contribution in [2.24, 2.45) is 11.7 Å². The molecule has 0 saturated heterocycles. The van der Waals surface area contributed by atoms with Crippen molar-refractivity contribution in [2.75, 3.05) is 13.7 Å². The number of aliphatic carboxylic acids is 1. The molecule has 2 unspecified atom stereocenters.